The molecule has 1 unspecified atom stereocenters. The first kappa shape index (κ1) is 11.9. The molecule has 19 heavy (non-hydrogen) atoms. The SMILES string of the molecule is O=C1Nc2cc(Cl)ccc2C(=O)C1c1ccccn1. The van der Waals surface area contributed by atoms with Crippen molar-refractivity contribution in [2.75, 3.05) is 5.32 Å². The molecule has 0 radical (unpaired) electrons. The minimum Gasteiger partial charge on any atom is -0.324 e. The molecule has 0 bridgehead atoms. The number of fused-ring (bicyclic) bond motifs is 1. The molecule has 0 spiro atoms. The number of nitrogens with one attached hydrogen (secondary N) is 1. The Labute approximate surface area is 114 Å². The van der Waals surface area contributed by atoms with Crippen molar-refractivity contribution in [3.05, 3.63) is 58.9 Å². The van der Waals surface area contributed by atoms with Gasteiger partial charge >= 0.3 is 0 Å². The van der Waals surface area contributed by atoms with Crippen LogP contribution >= 0.6 is 11.6 Å². The molecular formula is C14H9ClN2O2. The quantitative estimate of drug-likeness (QED) is 0.812. The lowest BCUT2D eigenvalue weighted by atomic mass is 9.89. The van der Waals surface area contributed by atoms with Gasteiger partial charge in [-0.2, -0.15) is 0 Å². The van der Waals surface area contributed by atoms with E-state index in [4.69, 9.17) is 11.6 Å². The molecule has 2 aromatic rings. The topological polar surface area (TPSA) is 59.1 Å². The Hall–Kier alpha value is -2.20. The van der Waals surface area contributed by atoms with Crippen molar-refractivity contribution < 1.29 is 9.59 Å². The normalized spacial score (nSPS) is 17.8. The molecule has 0 saturated heterocycles. The maximum Gasteiger partial charge on any atom is 0.241 e. The average Bonchev–Trinajstić information content (AvgIpc) is 2.39. The molecule has 3 rings (SSSR count). The summed E-state index contributed by atoms with van der Waals surface area (Å²) in [6, 6.07) is 9.98. The molecule has 1 aromatic heterocycles. The van der Waals surface area contributed by atoms with Crippen LogP contribution in [0.2, 0.25) is 5.02 Å². The highest BCUT2D eigenvalue weighted by atomic mass is 35.5. The number of rotatable bonds is 1. The van der Waals surface area contributed by atoms with Crippen LogP contribution in [0.3, 0.4) is 0 Å². The van der Waals surface area contributed by atoms with Crippen LogP contribution in [0, 0.1) is 0 Å². The number of nitrogens with zero attached hydrogens (tertiary/aromatic N) is 1. The maximum absolute atomic E-state index is 12.4. The number of benzene rings is 1. The number of amides is 1. The van der Waals surface area contributed by atoms with Crippen molar-refractivity contribution in [3.63, 3.8) is 0 Å². The monoisotopic (exact) mass is 272 g/mol. The van der Waals surface area contributed by atoms with Gasteiger partial charge in [-0.05, 0) is 30.3 Å². The number of aromatic nitrogens is 1. The lowest BCUT2D eigenvalue weighted by Crippen LogP contribution is -2.34. The van der Waals surface area contributed by atoms with Crippen LogP contribution in [-0.4, -0.2) is 16.7 Å². The summed E-state index contributed by atoms with van der Waals surface area (Å²) < 4.78 is 0. The molecule has 0 aliphatic carbocycles. The Bertz CT molecular complexity index is 670. The molecule has 94 valence electrons. The number of carbonyl (C=O) groups is 2. The number of pyridine rings is 1. The van der Waals surface area contributed by atoms with Crippen molar-refractivity contribution in [2.45, 2.75) is 5.92 Å². The smallest absolute Gasteiger partial charge is 0.241 e. The Balaban J connectivity index is 2.09. The van der Waals surface area contributed by atoms with E-state index in [1.165, 1.54) is 0 Å². The molecule has 1 aliphatic rings. The van der Waals surface area contributed by atoms with Gasteiger partial charge in [-0.25, -0.2) is 0 Å². The van der Waals surface area contributed by atoms with Crippen LogP contribution in [0.5, 0.6) is 0 Å². The number of ketones is 1. The van der Waals surface area contributed by atoms with Crippen LogP contribution in [0.15, 0.2) is 42.6 Å². The molecule has 5 heteroatoms. The number of Topliss-reactive ketones (excluding diaryl/α,β-unsaturated/α-hetero) is 1. The first-order valence-electron chi connectivity index (χ1n) is 5.72. The first-order valence-corrected chi connectivity index (χ1v) is 6.10. The highest BCUT2D eigenvalue weighted by molar-refractivity contribution is 6.32. The molecule has 1 atom stereocenters. The fourth-order valence-electron chi connectivity index (χ4n) is 2.13. The maximum atomic E-state index is 12.4. The fraction of sp³-hybridized carbons (Fsp3) is 0.0714. The van der Waals surface area contributed by atoms with E-state index in [9.17, 15) is 9.59 Å². The van der Waals surface area contributed by atoms with Crippen LogP contribution in [0.25, 0.3) is 0 Å². The van der Waals surface area contributed by atoms with Crippen LogP contribution in [0.4, 0.5) is 5.69 Å². The standard InChI is InChI=1S/C14H9ClN2O2/c15-8-4-5-9-11(7-8)17-14(19)12(13(9)18)10-3-1-2-6-16-10/h1-7,12H,(H,17,19). The van der Waals surface area contributed by atoms with Gasteiger partial charge < -0.3 is 5.32 Å². The number of carbonyl (C=O) groups excluding carboxylic acids is 2. The first-order chi connectivity index (χ1) is 9.16. The van der Waals surface area contributed by atoms with Crippen molar-refractivity contribution in [2.24, 2.45) is 0 Å². The van der Waals surface area contributed by atoms with E-state index < -0.39 is 5.92 Å². The van der Waals surface area contributed by atoms with Crippen molar-refractivity contribution in [3.8, 4) is 0 Å². The molecule has 0 saturated carbocycles. The molecule has 0 fully saturated rings. The van der Waals surface area contributed by atoms with Gasteiger partial charge in [0.25, 0.3) is 0 Å². The minimum atomic E-state index is -0.894. The summed E-state index contributed by atoms with van der Waals surface area (Å²) in [6.07, 6.45) is 1.56. The van der Waals surface area contributed by atoms with Crippen LogP contribution in [-0.2, 0) is 4.79 Å². The predicted octanol–water partition coefficient (Wildman–Crippen LogP) is 2.65. The number of hydrogen-bond acceptors (Lipinski definition) is 3. The highest BCUT2D eigenvalue weighted by Crippen LogP contribution is 2.32. The zero-order valence-electron chi connectivity index (χ0n) is 9.76. The van der Waals surface area contributed by atoms with Gasteiger partial charge in [0, 0.05) is 16.8 Å². The Morgan fingerprint density at radius 1 is 1.16 bits per heavy atom. The summed E-state index contributed by atoms with van der Waals surface area (Å²) in [5.41, 5.74) is 1.36. The second kappa shape index (κ2) is 4.48. The van der Waals surface area contributed by atoms with Crippen LogP contribution in [0.1, 0.15) is 22.0 Å². The van der Waals surface area contributed by atoms with Crippen LogP contribution < -0.4 is 5.32 Å². The van der Waals surface area contributed by atoms with Crippen molar-refractivity contribution >= 4 is 29.0 Å². The largest absolute Gasteiger partial charge is 0.324 e. The third kappa shape index (κ3) is 2.00. The summed E-state index contributed by atoms with van der Waals surface area (Å²) in [5, 5.41) is 3.17. The van der Waals surface area contributed by atoms with Gasteiger partial charge in [-0.1, -0.05) is 17.7 Å². The molecule has 2 heterocycles. The summed E-state index contributed by atoms with van der Waals surface area (Å²) >= 11 is 5.85. The molecule has 1 aliphatic heterocycles. The lowest BCUT2D eigenvalue weighted by Gasteiger charge is -2.23. The van der Waals surface area contributed by atoms with Crippen molar-refractivity contribution in [1.82, 2.24) is 4.98 Å². The van der Waals surface area contributed by atoms with Gasteiger partial charge in [0.05, 0.1) is 11.4 Å². The van der Waals surface area contributed by atoms with E-state index in [0.29, 0.717) is 22.0 Å². The van der Waals surface area contributed by atoms with E-state index in [1.807, 2.05) is 0 Å². The zero-order valence-corrected chi connectivity index (χ0v) is 10.5. The Morgan fingerprint density at radius 3 is 2.74 bits per heavy atom. The lowest BCUT2D eigenvalue weighted by molar-refractivity contribution is -0.116. The van der Waals surface area contributed by atoms with Gasteiger partial charge in [-0.3, -0.25) is 14.6 Å². The number of halogens is 1. The third-order valence-corrected chi connectivity index (χ3v) is 3.25. The molecule has 1 amide bonds. The molecule has 4 nitrogen and oxygen atoms in total. The zero-order chi connectivity index (χ0) is 13.4. The van der Waals surface area contributed by atoms with Gasteiger partial charge in [0.2, 0.25) is 5.91 Å². The van der Waals surface area contributed by atoms with E-state index >= 15 is 0 Å². The van der Waals surface area contributed by atoms with Gasteiger partial charge in [0.1, 0.15) is 5.92 Å². The molecular weight excluding hydrogens is 264 g/mol. The predicted molar refractivity (Wildman–Crippen MR) is 71.4 cm³/mol. The minimum absolute atomic E-state index is 0.255. The summed E-state index contributed by atoms with van der Waals surface area (Å²) in [5.74, 6) is -1.53. The summed E-state index contributed by atoms with van der Waals surface area (Å²) in [7, 11) is 0. The van der Waals surface area contributed by atoms with Crippen molar-refractivity contribution in [1.29, 1.82) is 0 Å². The van der Waals surface area contributed by atoms with Gasteiger partial charge in [-0.15, -0.1) is 0 Å². The van der Waals surface area contributed by atoms with E-state index in [0.717, 1.165) is 0 Å². The second-order valence-corrected chi connectivity index (χ2v) is 4.67. The van der Waals surface area contributed by atoms with E-state index in [2.05, 4.69) is 10.3 Å². The summed E-state index contributed by atoms with van der Waals surface area (Å²) in [6.45, 7) is 0. The average molecular weight is 273 g/mol. The fourth-order valence-corrected chi connectivity index (χ4v) is 2.30. The summed E-state index contributed by atoms with van der Waals surface area (Å²) in [4.78, 5) is 28.5. The van der Waals surface area contributed by atoms with E-state index in [-0.39, 0.29) is 11.7 Å². The number of anilines is 1. The van der Waals surface area contributed by atoms with Gasteiger partial charge in [0.15, 0.2) is 5.78 Å². The number of hydrogen-bond donors (Lipinski definition) is 1. The molecule has 1 N–H and O–H groups in total. The van der Waals surface area contributed by atoms with E-state index in [1.54, 1.807) is 42.6 Å². The third-order valence-electron chi connectivity index (χ3n) is 3.01. The Morgan fingerprint density at radius 2 is 2.00 bits per heavy atom. The molecule has 1 aromatic carbocycles. The Kier molecular flexibility index (Phi) is 2.80. The second-order valence-electron chi connectivity index (χ2n) is 4.23. The highest BCUT2D eigenvalue weighted by Gasteiger charge is 2.36.